The van der Waals surface area contributed by atoms with Crippen LogP contribution in [0.4, 0.5) is 0 Å². The number of hydrogen-bond acceptors (Lipinski definition) is 4. The predicted molar refractivity (Wildman–Crippen MR) is 81.2 cm³/mol. The second-order valence-electron chi connectivity index (χ2n) is 5.86. The molecule has 1 aliphatic rings. The lowest BCUT2D eigenvalue weighted by molar-refractivity contribution is -0.130. The molecule has 0 bridgehead atoms. The minimum Gasteiger partial charge on any atom is -0.340 e. The summed E-state index contributed by atoms with van der Waals surface area (Å²) in [6, 6.07) is 4.92. The third-order valence-electron chi connectivity index (χ3n) is 4.04. The average Bonchev–Trinajstić information content (AvgIpc) is 3.03. The lowest BCUT2D eigenvalue weighted by Gasteiger charge is -2.21. The Morgan fingerprint density at radius 3 is 2.86 bits per heavy atom. The van der Waals surface area contributed by atoms with Crippen LogP contribution in [0, 0.1) is 0 Å². The fourth-order valence-electron chi connectivity index (χ4n) is 2.76. The number of benzene rings is 1. The summed E-state index contributed by atoms with van der Waals surface area (Å²) in [4.78, 5) is 26.4. The van der Waals surface area contributed by atoms with Crippen LogP contribution in [0.3, 0.4) is 0 Å². The molecule has 1 aromatic carbocycles. The molecule has 1 aromatic heterocycles. The van der Waals surface area contributed by atoms with Crippen LogP contribution >= 0.6 is 0 Å². The smallest absolute Gasteiger partial charge is 0.252 e. The number of aryl methyl sites for hydroxylation is 1. The molecule has 0 aliphatic carbocycles. The molecule has 1 aliphatic heterocycles. The molecule has 116 valence electrons. The Kier molecular flexibility index (Phi) is 3.56. The van der Waals surface area contributed by atoms with E-state index >= 15 is 0 Å². The number of rotatable bonds is 3. The molecule has 7 heteroatoms. The van der Waals surface area contributed by atoms with Gasteiger partial charge >= 0.3 is 0 Å². The van der Waals surface area contributed by atoms with Crippen molar-refractivity contribution < 1.29 is 9.59 Å². The summed E-state index contributed by atoms with van der Waals surface area (Å²) in [6.45, 7) is 4.64. The molecule has 7 nitrogen and oxygen atoms in total. The van der Waals surface area contributed by atoms with E-state index in [-0.39, 0.29) is 17.9 Å². The van der Waals surface area contributed by atoms with Crippen LogP contribution in [0.2, 0.25) is 0 Å². The summed E-state index contributed by atoms with van der Waals surface area (Å²) in [7, 11) is 1.78. The van der Waals surface area contributed by atoms with E-state index in [1.165, 1.54) is 0 Å². The van der Waals surface area contributed by atoms with Crippen LogP contribution in [0.15, 0.2) is 18.2 Å². The highest BCUT2D eigenvalue weighted by molar-refractivity contribution is 6.00. The van der Waals surface area contributed by atoms with E-state index in [1.54, 1.807) is 34.8 Å². The Labute approximate surface area is 128 Å². The van der Waals surface area contributed by atoms with Crippen molar-refractivity contribution in [2.75, 3.05) is 6.54 Å². The molecule has 1 atom stereocenters. The first-order valence-corrected chi connectivity index (χ1v) is 7.38. The first-order valence-electron chi connectivity index (χ1n) is 7.38. The zero-order valence-electron chi connectivity index (χ0n) is 12.9. The second-order valence-corrected chi connectivity index (χ2v) is 5.86. The molecular weight excluding hydrogens is 282 g/mol. The van der Waals surface area contributed by atoms with Crippen LogP contribution in [0.5, 0.6) is 0 Å². The van der Waals surface area contributed by atoms with Gasteiger partial charge in [-0.2, -0.15) is 0 Å². The van der Waals surface area contributed by atoms with Crippen molar-refractivity contribution in [1.82, 2.24) is 25.2 Å². The maximum absolute atomic E-state index is 12.4. The van der Waals surface area contributed by atoms with Gasteiger partial charge in [-0.05, 0) is 38.5 Å². The Bertz CT molecular complexity index is 737. The van der Waals surface area contributed by atoms with Crippen molar-refractivity contribution in [2.45, 2.75) is 32.4 Å². The van der Waals surface area contributed by atoms with Crippen molar-refractivity contribution in [2.24, 2.45) is 7.05 Å². The molecule has 2 aromatic rings. The van der Waals surface area contributed by atoms with Gasteiger partial charge in [0.15, 0.2) is 0 Å². The average molecular weight is 301 g/mol. The summed E-state index contributed by atoms with van der Waals surface area (Å²) in [5.74, 6) is -0.251. The molecule has 2 amide bonds. The summed E-state index contributed by atoms with van der Waals surface area (Å²) < 4.78 is 1.62. The van der Waals surface area contributed by atoms with Gasteiger partial charge in [-0.3, -0.25) is 9.59 Å². The first-order chi connectivity index (χ1) is 10.5. The SMILES string of the molecule is CC(C)N1CCC(NC(=O)c2ccc3nnn(C)c3c2)C1=O. The number of carbonyl (C=O) groups is 2. The van der Waals surface area contributed by atoms with Crippen molar-refractivity contribution in [3.63, 3.8) is 0 Å². The van der Waals surface area contributed by atoms with E-state index in [1.807, 2.05) is 13.8 Å². The van der Waals surface area contributed by atoms with Gasteiger partial charge in [-0.25, -0.2) is 4.68 Å². The van der Waals surface area contributed by atoms with Gasteiger partial charge in [0.2, 0.25) is 5.91 Å². The van der Waals surface area contributed by atoms with E-state index in [2.05, 4.69) is 15.6 Å². The molecule has 1 saturated heterocycles. The maximum Gasteiger partial charge on any atom is 0.252 e. The summed E-state index contributed by atoms with van der Waals surface area (Å²) in [5.41, 5.74) is 2.03. The number of fused-ring (bicyclic) bond motifs is 1. The minimum absolute atomic E-state index is 0.00775. The number of aromatic nitrogens is 3. The molecule has 22 heavy (non-hydrogen) atoms. The number of nitrogens with zero attached hydrogens (tertiary/aromatic N) is 4. The predicted octanol–water partition coefficient (Wildman–Crippen LogP) is 0.707. The normalized spacial score (nSPS) is 18.5. The number of likely N-dealkylation sites (tertiary alicyclic amines) is 1. The van der Waals surface area contributed by atoms with Crippen molar-refractivity contribution >= 4 is 22.8 Å². The Balaban J connectivity index is 1.76. The quantitative estimate of drug-likeness (QED) is 0.905. The molecule has 1 fully saturated rings. The monoisotopic (exact) mass is 301 g/mol. The van der Waals surface area contributed by atoms with E-state index in [9.17, 15) is 9.59 Å². The van der Waals surface area contributed by atoms with E-state index < -0.39 is 6.04 Å². The summed E-state index contributed by atoms with van der Waals surface area (Å²) >= 11 is 0. The number of hydrogen-bond donors (Lipinski definition) is 1. The third-order valence-corrected chi connectivity index (χ3v) is 4.04. The van der Waals surface area contributed by atoms with Gasteiger partial charge < -0.3 is 10.2 Å². The molecular formula is C15H19N5O2. The van der Waals surface area contributed by atoms with Crippen LogP contribution in [0.25, 0.3) is 11.0 Å². The van der Waals surface area contributed by atoms with Gasteiger partial charge in [-0.1, -0.05) is 5.21 Å². The maximum atomic E-state index is 12.4. The van der Waals surface area contributed by atoms with Crippen LogP contribution in [0.1, 0.15) is 30.6 Å². The highest BCUT2D eigenvalue weighted by Gasteiger charge is 2.34. The van der Waals surface area contributed by atoms with E-state index in [0.29, 0.717) is 18.5 Å². The van der Waals surface area contributed by atoms with E-state index in [0.717, 1.165) is 11.0 Å². The Morgan fingerprint density at radius 2 is 2.18 bits per heavy atom. The third kappa shape index (κ3) is 2.43. The number of nitrogens with one attached hydrogen (secondary N) is 1. The zero-order valence-corrected chi connectivity index (χ0v) is 12.9. The molecule has 0 spiro atoms. The number of amides is 2. The fraction of sp³-hybridized carbons (Fsp3) is 0.467. The molecule has 2 heterocycles. The van der Waals surface area contributed by atoms with E-state index in [4.69, 9.17) is 0 Å². The molecule has 0 saturated carbocycles. The highest BCUT2D eigenvalue weighted by atomic mass is 16.2. The second kappa shape index (κ2) is 5.40. The molecule has 3 rings (SSSR count). The standard InChI is InChI=1S/C15H19N5O2/c1-9(2)20-7-6-12(15(20)22)16-14(21)10-4-5-11-13(8-10)19(3)18-17-11/h4-5,8-9,12H,6-7H2,1-3H3,(H,16,21). The largest absolute Gasteiger partial charge is 0.340 e. The number of carbonyl (C=O) groups excluding carboxylic acids is 2. The molecule has 0 radical (unpaired) electrons. The molecule has 1 N–H and O–H groups in total. The van der Waals surface area contributed by atoms with Crippen LogP contribution < -0.4 is 5.32 Å². The van der Waals surface area contributed by atoms with Gasteiger partial charge in [0.05, 0.1) is 5.52 Å². The minimum atomic E-state index is -0.435. The van der Waals surface area contributed by atoms with Gasteiger partial charge in [0.25, 0.3) is 5.91 Å². The highest BCUT2D eigenvalue weighted by Crippen LogP contribution is 2.16. The Morgan fingerprint density at radius 1 is 1.41 bits per heavy atom. The topological polar surface area (TPSA) is 80.1 Å². The lowest BCUT2D eigenvalue weighted by atomic mass is 10.1. The fourth-order valence-corrected chi connectivity index (χ4v) is 2.76. The zero-order chi connectivity index (χ0) is 15.9. The van der Waals surface area contributed by atoms with Crippen molar-refractivity contribution in [1.29, 1.82) is 0 Å². The Hall–Kier alpha value is -2.44. The van der Waals surface area contributed by atoms with Gasteiger partial charge in [-0.15, -0.1) is 5.10 Å². The lowest BCUT2D eigenvalue weighted by Crippen LogP contribution is -2.43. The molecule has 1 unspecified atom stereocenters. The van der Waals surface area contributed by atoms with Crippen LogP contribution in [-0.4, -0.2) is 50.3 Å². The summed E-state index contributed by atoms with van der Waals surface area (Å²) in [6.07, 6.45) is 0.651. The van der Waals surface area contributed by atoms with Gasteiger partial charge in [0, 0.05) is 25.2 Å². The first kappa shape index (κ1) is 14.5. The van der Waals surface area contributed by atoms with Crippen molar-refractivity contribution in [3.8, 4) is 0 Å². The van der Waals surface area contributed by atoms with Crippen LogP contribution in [-0.2, 0) is 11.8 Å². The van der Waals surface area contributed by atoms with Crippen molar-refractivity contribution in [3.05, 3.63) is 23.8 Å². The van der Waals surface area contributed by atoms with Gasteiger partial charge in [0.1, 0.15) is 11.6 Å². The summed E-state index contributed by atoms with van der Waals surface area (Å²) in [5, 5.41) is 10.7.